The van der Waals surface area contributed by atoms with E-state index in [1.54, 1.807) is 23.0 Å². The lowest BCUT2D eigenvalue weighted by Gasteiger charge is -2.07. The highest BCUT2D eigenvalue weighted by Gasteiger charge is 2.17. The first-order valence-corrected chi connectivity index (χ1v) is 9.54. The second-order valence-electron chi connectivity index (χ2n) is 6.96. The zero-order valence-corrected chi connectivity index (χ0v) is 15.9. The minimum absolute atomic E-state index is 0.0423. The highest BCUT2D eigenvalue weighted by atomic mass is 19.1. The quantitative estimate of drug-likeness (QED) is 0.464. The molecular formula is C24H17FN4O. The number of carbonyl (C=O) groups is 1. The van der Waals surface area contributed by atoms with Crippen molar-refractivity contribution in [3.05, 3.63) is 90.9 Å². The SMILES string of the molecule is O=C(Cn1nc(-c2ccc(F)cc2)c2cnc3ccccc3c21)Nc1ccccc1. The second-order valence-corrected chi connectivity index (χ2v) is 6.96. The van der Waals surface area contributed by atoms with E-state index in [9.17, 15) is 9.18 Å². The third-order valence-corrected chi connectivity index (χ3v) is 4.95. The molecule has 30 heavy (non-hydrogen) atoms. The Morgan fingerprint density at radius 2 is 1.63 bits per heavy atom. The third kappa shape index (κ3) is 3.28. The number of hydrogen-bond acceptors (Lipinski definition) is 3. The molecule has 5 rings (SSSR count). The number of pyridine rings is 1. The van der Waals surface area contributed by atoms with Gasteiger partial charge in [-0.25, -0.2) is 4.39 Å². The standard InChI is InChI=1S/C24H17FN4O/c25-17-12-10-16(11-13-17)23-20-14-26-21-9-5-4-8-19(21)24(20)29(28-23)15-22(30)27-18-6-2-1-3-7-18/h1-14H,15H2,(H,27,30). The summed E-state index contributed by atoms with van der Waals surface area (Å²) in [6, 6.07) is 23.2. The molecule has 6 heteroatoms. The number of carbonyl (C=O) groups excluding carboxylic acids is 1. The Balaban J connectivity index is 1.63. The van der Waals surface area contributed by atoms with Gasteiger partial charge in [0.25, 0.3) is 0 Å². The molecule has 0 atom stereocenters. The zero-order chi connectivity index (χ0) is 20.5. The van der Waals surface area contributed by atoms with Gasteiger partial charge in [0.15, 0.2) is 0 Å². The average molecular weight is 396 g/mol. The van der Waals surface area contributed by atoms with Crippen molar-refractivity contribution >= 4 is 33.4 Å². The van der Waals surface area contributed by atoms with Crippen LogP contribution in [0.15, 0.2) is 85.1 Å². The van der Waals surface area contributed by atoms with Gasteiger partial charge in [0, 0.05) is 28.2 Å². The lowest BCUT2D eigenvalue weighted by atomic mass is 10.1. The molecule has 0 saturated carbocycles. The molecule has 146 valence electrons. The summed E-state index contributed by atoms with van der Waals surface area (Å²) >= 11 is 0. The van der Waals surface area contributed by atoms with Gasteiger partial charge in [0.1, 0.15) is 18.1 Å². The first kappa shape index (κ1) is 18.0. The van der Waals surface area contributed by atoms with Gasteiger partial charge < -0.3 is 5.32 Å². The molecular weight excluding hydrogens is 379 g/mol. The van der Waals surface area contributed by atoms with Gasteiger partial charge in [-0.15, -0.1) is 0 Å². The molecule has 0 saturated heterocycles. The van der Waals surface area contributed by atoms with Crippen LogP contribution in [0, 0.1) is 5.82 Å². The van der Waals surface area contributed by atoms with E-state index in [4.69, 9.17) is 5.10 Å². The normalized spacial score (nSPS) is 11.1. The van der Waals surface area contributed by atoms with E-state index in [1.807, 2.05) is 54.6 Å². The Bertz CT molecular complexity index is 1360. The largest absolute Gasteiger partial charge is 0.324 e. The summed E-state index contributed by atoms with van der Waals surface area (Å²) in [4.78, 5) is 17.3. The van der Waals surface area contributed by atoms with Crippen LogP contribution in [0.2, 0.25) is 0 Å². The third-order valence-electron chi connectivity index (χ3n) is 4.95. The van der Waals surface area contributed by atoms with Crippen molar-refractivity contribution in [1.82, 2.24) is 14.8 Å². The van der Waals surface area contributed by atoms with Crippen LogP contribution in [-0.2, 0) is 11.3 Å². The summed E-state index contributed by atoms with van der Waals surface area (Å²) in [6.07, 6.45) is 1.76. The maximum absolute atomic E-state index is 13.4. The summed E-state index contributed by atoms with van der Waals surface area (Å²) in [7, 11) is 0. The second kappa shape index (κ2) is 7.40. The molecule has 2 aromatic heterocycles. The van der Waals surface area contributed by atoms with E-state index in [0.29, 0.717) is 5.69 Å². The van der Waals surface area contributed by atoms with Gasteiger partial charge in [0.2, 0.25) is 5.91 Å². The Kier molecular flexibility index (Phi) is 4.44. The van der Waals surface area contributed by atoms with Crippen LogP contribution in [0.4, 0.5) is 10.1 Å². The summed E-state index contributed by atoms with van der Waals surface area (Å²) < 4.78 is 15.1. The van der Waals surface area contributed by atoms with Crippen molar-refractivity contribution in [3.63, 3.8) is 0 Å². The van der Waals surface area contributed by atoms with Crippen LogP contribution in [0.25, 0.3) is 33.1 Å². The number of benzene rings is 3. The number of amides is 1. The smallest absolute Gasteiger partial charge is 0.246 e. The fourth-order valence-electron chi connectivity index (χ4n) is 3.60. The van der Waals surface area contributed by atoms with Gasteiger partial charge in [-0.1, -0.05) is 36.4 Å². The number of nitrogens with one attached hydrogen (secondary N) is 1. The van der Waals surface area contributed by atoms with Gasteiger partial charge in [-0.3, -0.25) is 14.5 Å². The highest BCUT2D eigenvalue weighted by Crippen LogP contribution is 2.32. The monoisotopic (exact) mass is 396 g/mol. The molecule has 1 N–H and O–H groups in total. The van der Waals surface area contributed by atoms with Crippen molar-refractivity contribution in [2.75, 3.05) is 5.32 Å². The molecule has 0 fully saturated rings. The number of hydrogen-bond donors (Lipinski definition) is 1. The molecule has 0 aliphatic carbocycles. The molecule has 1 amide bonds. The number of aromatic nitrogens is 3. The van der Waals surface area contributed by atoms with E-state index in [1.165, 1.54) is 12.1 Å². The van der Waals surface area contributed by atoms with E-state index in [-0.39, 0.29) is 18.3 Å². The van der Waals surface area contributed by atoms with Gasteiger partial charge >= 0.3 is 0 Å². The number of halogens is 1. The number of rotatable bonds is 4. The van der Waals surface area contributed by atoms with E-state index in [0.717, 1.165) is 33.1 Å². The fourth-order valence-corrected chi connectivity index (χ4v) is 3.60. The predicted molar refractivity (Wildman–Crippen MR) is 115 cm³/mol. The first-order valence-electron chi connectivity index (χ1n) is 9.54. The summed E-state index contributed by atoms with van der Waals surface area (Å²) in [5.74, 6) is -0.495. The van der Waals surface area contributed by atoms with E-state index < -0.39 is 0 Å². The van der Waals surface area contributed by atoms with Crippen LogP contribution in [0.1, 0.15) is 0 Å². The van der Waals surface area contributed by atoms with E-state index >= 15 is 0 Å². The minimum atomic E-state index is -0.312. The van der Waals surface area contributed by atoms with Crippen LogP contribution in [-0.4, -0.2) is 20.7 Å². The van der Waals surface area contributed by atoms with Crippen LogP contribution in [0.3, 0.4) is 0 Å². The lowest BCUT2D eigenvalue weighted by Crippen LogP contribution is -2.19. The van der Waals surface area contributed by atoms with Crippen molar-refractivity contribution in [1.29, 1.82) is 0 Å². The molecule has 5 aromatic rings. The summed E-state index contributed by atoms with van der Waals surface area (Å²) in [6.45, 7) is 0.0423. The molecule has 0 aliphatic heterocycles. The molecule has 5 nitrogen and oxygen atoms in total. The number of para-hydroxylation sites is 2. The van der Waals surface area contributed by atoms with Crippen molar-refractivity contribution < 1.29 is 9.18 Å². The van der Waals surface area contributed by atoms with Crippen LogP contribution >= 0.6 is 0 Å². The predicted octanol–water partition coefficient (Wildman–Crippen LogP) is 5.03. The Hall–Kier alpha value is -4.06. The van der Waals surface area contributed by atoms with Crippen molar-refractivity contribution in [2.45, 2.75) is 6.54 Å². The van der Waals surface area contributed by atoms with Crippen molar-refractivity contribution in [3.8, 4) is 11.3 Å². The van der Waals surface area contributed by atoms with E-state index in [2.05, 4.69) is 10.3 Å². The number of fused-ring (bicyclic) bond motifs is 3. The van der Waals surface area contributed by atoms with Crippen LogP contribution < -0.4 is 5.32 Å². The number of anilines is 1. The Morgan fingerprint density at radius 3 is 2.43 bits per heavy atom. The maximum atomic E-state index is 13.4. The molecule has 2 heterocycles. The molecule has 0 unspecified atom stereocenters. The minimum Gasteiger partial charge on any atom is -0.324 e. The molecule has 0 radical (unpaired) electrons. The zero-order valence-electron chi connectivity index (χ0n) is 15.9. The first-order chi connectivity index (χ1) is 14.7. The lowest BCUT2D eigenvalue weighted by molar-refractivity contribution is -0.116. The van der Waals surface area contributed by atoms with Gasteiger partial charge in [-0.2, -0.15) is 5.10 Å². The van der Waals surface area contributed by atoms with Gasteiger partial charge in [0.05, 0.1) is 11.0 Å². The van der Waals surface area contributed by atoms with Crippen molar-refractivity contribution in [2.24, 2.45) is 0 Å². The maximum Gasteiger partial charge on any atom is 0.246 e. The Morgan fingerprint density at radius 1 is 0.900 bits per heavy atom. The topological polar surface area (TPSA) is 59.8 Å². The molecule has 0 bridgehead atoms. The van der Waals surface area contributed by atoms with Gasteiger partial charge in [-0.05, 0) is 42.5 Å². The van der Waals surface area contributed by atoms with Crippen LogP contribution in [0.5, 0.6) is 0 Å². The average Bonchev–Trinajstić information content (AvgIpc) is 3.13. The molecule has 3 aromatic carbocycles. The fraction of sp³-hybridized carbons (Fsp3) is 0.0417. The molecule has 0 spiro atoms. The Labute approximate surface area is 171 Å². The summed E-state index contributed by atoms with van der Waals surface area (Å²) in [5, 5.41) is 9.33. The highest BCUT2D eigenvalue weighted by molar-refractivity contribution is 6.08. The number of nitrogens with zero attached hydrogens (tertiary/aromatic N) is 3. The summed E-state index contributed by atoms with van der Waals surface area (Å²) in [5.41, 5.74) is 3.80. The molecule has 0 aliphatic rings.